The Kier molecular flexibility index (Phi) is 2.22. The van der Waals surface area contributed by atoms with Crippen LogP contribution in [0.2, 0.25) is 0 Å². The third-order valence-corrected chi connectivity index (χ3v) is 1.86. The van der Waals surface area contributed by atoms with Crippen LogP contribution in [-0.2, 0) is 4.79 Å². The Bertz CT molecular complexity index is 95.1. The zero-order chi connectivity index (χ0) is 6.69. The standard InChI is InChI=1S/C7H13NO/c1-6-2-3-7(5-9)8-4-6/h5-8H,2-4H2,1H3. The second-order valence-corrected chi connectivity index (χ2v) is 2.83. The minimum atomic E-state index is 0.140. The Morgan fingerprint density at radius 3 is 2.78 bits per heavy atom. The van der Waals surface area contributed by atoms with Crippen LogP contribution in [0.3, 0.4) is 0 Å². The summed E-state index contributed by atoms with van der Waals surface area (Å²) in [6.45, 7) is 3.21. The molecule has 0 aliphatic carbocycles. The van der Waals surface area contributed by atoms with Crippen LogP contribution < -0.4 is 5.32 Å². The van der Waals surface area contributed by atoms with Gasteiger partial charge in [0.2, 0.25) is 0 Å². The van der Waals surface area contributed by atoms with Crippen LogP contribution in [0.15, 0.2) is 0 Å². The number of rotatable bonds is 1. The van der Waals surface area contributed by atoms with E-state index in [1.54, 1.807) is 0 Å². The maximum absolute atomic E-state index is 10.2. The monoisotopic (exact) mass is 127 g/mol. The van der Waals surface area contributed by atoms with Crippen LogP contribution in [0.4, 0.5) is 0 Å². The van der Waals surface area contributed by atoms with E-state index in [1.807, 2.05) is 0 Å². The Labute approximate surface area is 55.6 Å². The summed E-state index contributed by atoms with van der Waals surface area (Å²) in [6.07, 6.45) is 3.22. The number of nitrogens with one attached hydrogen (secondary N) is 1. The number of carbonyl (C=O) groups is 1. The molecule has 0 bridgehead atoms. The largest absolute Gasteiger partial charge is 0.307 e. The molecular weight excluding hydrogens is 114 g/mol. The van der Waals surface area contributed by atoms with Gasteiger partial charge in [-0.3, -0.25) is 0 Å². The Balaban J connectivity index is 2.26. The topological polar surface area (TPSA) is 29.1 Å². The van der Waals surface area contributed by atoms with Crippen molar-refractivity contribution in [2.45, 2.75) is 25.8 Å². The first-order chi connectivity index (χ1) is 4.33. The van der Waals surface area contributed by atoms with E-state index in [1.165, 1.54) is 6.42 Å². The van der Waals surface area contributed by atoms with E-state index >= 15 is 0 Å². The summed E-state index contributed by atoms with van der Waals surface area (Å²) in [6, 6.07) is 0.140. The van der Waals surface area contributed by atoms with Crippen molar-refractivity contribution in [1.82, 2.24) is 5.32 Å². The highest BCUT2D eigenvalue weighted by Crippen LogP contribution is 2.11. The van der Waals surface area contributed by atoms with Gasteiger partial charge in [0.05, 0.1) is 6.04 Å². The molecule has 2 atom stereocenters. The molecular formula is C7H13NO. The molecule has 0 amide bonds. The van der Waals surface area contributed by atoms with Crippen molar-refractivity contribution in [1.29, 1.82) is 0 Å². The van der Waals surface area contributed by atoms with Crippen LogP contribution in [0.5, 0.6) is 0 Å². The van der Waals surface area contributed by atoms with Crippen LogP contribution in [0, 0.1) is 5.92 Å². The van der Waals surface area contributed by atoms with Gasteiger partial charge in [-0.15, -0.1) is 0 Å². The normalized spacial score (nSPS) is 36.1. The lowest BCUT2D eigenvalue weighted by atomic mass is 9.97. The molecule has 1 fully saturated rings. The smallest absolute Gasteiger partial charge is 0.136 e. The van der Waals surface area contributed by atoms with Crippen LogP contribution in [-0.4, -0.2) is 18.9 Å². The van der Waals surface area contributed by atoms with Gasteiger partial charge < -0.3 is 10.1 Å². The quantitative estimate of drug-likeness (QED) is 0.522. The molecule has 2 heteroatoms. The number of hydrogen-bond acceptors (Lipinski definition) is 2. The second-order valence-electron chi connectivity index (χ2n) is 2.83. The predicted octanol–water partition coefficient (Wildman–Crippen LogP) is 0.573. The molecule has 0 radical (unpaired) electrons. The van der Waals surface area contributed by atoms with Crippen molar-refractivity contribution < 1.29 is 4.79 Å². The number of piperidine rings is 1. The SMILES string of the molecule is CC1CCC(C=O)NC1. The van der Waals surface area contributed by atoms with Gasteiger partial charge in [0.15, 0.2) is 0 Å². The summed E-state index contributed by atoms with van der Waals surface area (Å²) in [7, 11) is 0. The summed E-state index contributed by atoms with van der Waals surface area (Å²) in [5.41, 5.74) is 0. The van der Waals surface area contributed by atoms with Gasteiger partial charge in [-0.2, -0.15) is 0 Å². The minimum absolute atomic E-state index is 0.140. The highest BCUT2D eigenvalue weighted by Gasteiger charge is 2.15. The summed E-state index contributed by atoms with van der Waals surface area (Å²) < 4.78 is 0. The first-order valence-corrected chi connectivity index (χ1v) is 3.51. The van der Waals surface area contributed by atoms with Gasteiger partial charge >= 0.3 is 0 Å². The van der Waals surface area contributed by atoms with E-state index in [0.717, 1.165) is 25.2 Å². The summed E-state index contributed by atoms with van der Waals surface area (Å²) in [5, 5.41) is 3.15. The first kappa shape index (κ1) is 6.75. The lowest BCUT2D eigenvalue weighted by molar-refractivity contribution is -0.110. The van der Waals surface area contributed by atoms with Crippen LogP contribution in [0.25, 0.3) is 0 Å². The third-order valence-electron chi connectivity index (χ3n) is 1.86. The summed E-state index contributed by atoms with van der Waals surface area (Å²) >= 11 is 0. The van der Waals surface area contributed by atoms with Gasteiger partial charge in [-0.25, -0.2) is 0 Å². The predicted molar refractivity (Wildman–Crippen MR) is 36.3 cm³/mol. The number of carbonyl (C=O) groups excluding carboxylic acids is 1. The van der Waals surface area contributed by atoms with Crippen molar-refractivity contribution in [2.75, 3.05) is 6.54 Å². The third kappa shape index (κ3) is 1.79. The Morgan fingerprint density at radius 2 is 2.33 bits per heavy atom. The van der Waals surface area contributed by atoms with Gasteiger partial charge in [0, 0.05) is 0 Å². The van der Waals surface area contributed by atoms with Crippen molar-refractivity contribution in [2.24, 2.45) is 5.92 Å². The van der Waals surface area contributed by atoms with Gasteiger partial charge in [0.25, 0.3) is 0 Å². The van der Waals surface area contributed by atoms with Crippen LogP contribution >= 0.6 is 0 Å². The Morgan fingerprint density at radius 1 is 1.56 bits per heavy atom. The molecule has 1 N–H and O–H groups in total. The van der Waals surface area contributed by atoms with Crippen molar-refractivity contribution in [3.63, 3.8) is 0 Å². The van der Waals surface area contributed by atoms with Crippen molar-refractivity contribution >= 4 is 6.29 Å². The molecule has 1 aliphatic heterocycles. The first-order valence-electron chi connectivity index (χ1n) is 3.51. The maximum atomic E-state index is 10.2. The van der Waals surface area contributed by atoms with E-state index in [-0.39, 0.29) is 6.04 Å². The molecule has 1 heterocycles. The minimum Gasteiger partial charge on any atom is -0.307 e. The number of hydrogen-bond donors (Lipinski definition) is 1. The zero-order valence-electron chi connectivity index (χ0n) is 5.76. The molecule has 9 heavy (non-hydrogen) atoms. The Hall–Kier alpha value is -0.370. The fourth-order valence-electron chi connectivity index (χ4n) is 1.14. The molecule has 52 valence electrons. The fourth-order valence-corrected chi connectivity index (χ4v) is 1.14. The molecule has 1 aliphatic rings. The molecule has 0 aromatic carbocycles. The fraction of sp³-hybridized carbons (Fsp3) is 0.857. The average Bonchev–Trinajstić information content (AvgIpc) is 1.90. The van der Waals surface area contributed by atoms with E-state index in [9.17, 15) is 4.79 Å². The molecule has 2 unspecified atom stereocenters. The summed E-state index contributed by atoms with van der Waals surface area (Å²) in [4.78, 5) is 10.2. The van der Waals surface area contributed by atoms with E-state index in [4.69, 9.17) is 0 Å². The highest BCUT2D eigenvalue weighted by molar-refractivity contribution is 5.57. The molecule has 1 saturated heterocycles. The maximum Gasteiger partial charge on any atom is 0.136 e. The molecule has 0 spiro atoms. The van der Waals surface area contributed by atoms with E-state index in [0.29, 0.717) is 0 Å². The molecule has 1 rings (SSSR count). The van der Waals surface area contributed by atoms with E-state index in [2.05, 4.69) is 12.2 Å². The van der Waals surface area contributed by atoms with Gasteiger partial charge in [0.1, 0.15) is 6.29 Å². The molecule has 0 aromatic rings. The molecule has 0 saturated carbocycles. The van der Waals surface area contributed by atoms with Crippen LogP contribution in [0.1, 0.15) is 19.8 Å². The van der Waals surface area contributed by atoms with Crippen molar-refractivity contribution in [3.8, 4) is 0 Å². The van der Waals surface area contributed by atoms with Crippen molar-refractivity contribution in [3.05, 3.63) is 0 Å². The number of aldehydes is 1. The van der Waals surface area contributed by atoms with Gasteiger partial charge in [-0.1, -0.05) is 6.92 Å². The van der Waals surface area contributed by atoms with Gasteiger partial charge in [-0.05, 0) is 25.3 Å². The highest BCUT2D eigenvalue weighted by atomic mass is 16.1. The zero-order valence-corrected chi connectivity index (χ0v) is 5.76. The molecule has 0 aromatic heterocycles. The van der Waals surface area contributed by atoms with E-state index < -0.39 is 0 Å². The summed E-state index contributed by atoms with van der Waals surface area (Å²) in [5.74, 6) is 0.751. The second kappa shape index (κ2) is 2.97. The lowest BCUT2D eigenvalue weighted by Crippen LogP contribution is -2.38. The molecule has 2 nitrogen and oxygen atoms in total. The average molecular weight is 127 g/mol. The lowest BCUT2D eigenvalue weighted by Gasteiger charge is -2.23.